The van der Waals surface area contributed by atoms with Crippen LogP contribution in [0.25, 0.3) is 0 Å². The molecule has 0 N–H and O–H groups in total. The van der Waals surface area contributed by atoms with E-state index in [1.165, 1.54) is 0 Å². The number of benzene rings is 3. The molecule has 0 aromatic heterocycles. The van der Waals surface area contributed by atoms with Gasteiger partial charge in [0, 0.05) is 16.7 Å². The normalized spacial score (nSPS) is 10.1. The van der Waals surface area contributed by atoms with Crippen LogP contribution in [0, 0.1) is 18.8 Å². The van der Waals surface area contributed by atoms with Crippen LogP contribution < -0.4 is 14.2 Å². The van der Waals surface area contributed by atoms with Crippen LogP contribution in [0.1, 0.15) is 59.7 Å². The van der Waals surface area contributed by atoms with Crippen molar-refractivity contribution in [2.24, 2.45) is 0 Å². The Balaban J connectivity index is 1.39. The number of ether oxygens (including phenoxy) is 4. The Bertz CT molecular complexity index is 1330. The molecule has 0 aliphatic carbocycles. The molecule has 0 aliphatic rings. The summed E-state index contributed by atoms with van der Waals surface area (Å²) in [5, 5.41) is 0. The predicted octanol–water partition coefficient (Wildman–Crippen LogP) is 6.68. The first-order valence-corrected chi connectivity index (χ1v) is 12.9. The predicted molar refractivity (Wildman–Crippen MR) is 151 cm³/mol. The number of rotatable bonds is 12. The molecule has 0 fully saturated rings. The Morgan fingerprint density at radius 1 is 0.795 bits per heavy atom. The van der Waals surface area contributed by atoms with Crippen molar-refractivity contribution in [1.82, 2.24) is 0 Å². The lowest BCUT2D eigenvalue weighted by Crippen LogP contribution is -2.08. The van der Waals surface area contributed by atoms with E-state index in [9.17, 15) is 9.59 Å². The fourth-order valence-corrected chi connectivity index (χ4v) is 3.54. The molecule has 3 rings (SSSR count). The van der Waals surface area contributed by atoms with E-state index in [-0.39, 0.29) is 5.97 Å². The van der Waals surface area contributed by atoms with Crippen molar-refractivity contribution in [2.45, 2.75) is 39.5 Å². The number of carbonyl (C=O) groups excluding carboxylic acids is 2. The molecule has 0 aliphatic heterocycles. The summed E-state index contributed by atoms with van der Waals surface area (Å²) in [5.41, 5.74) is 3.64. The summed E-state index contributed by atoms with van der Waals surface area (Å²) in [6.07, 6.45) is 3.63. The van der Waals surface area contributed by atoms with Crippen LogP contribution in [0.3, 0.4) is 0 Å². The van der Waals surface area contributed by atoms with Gasteiger partial charge in [-0.3, -0.25) is 0 Å². The van der Waals surface area contributed by atoms with Crippen molar-refractivity contribution >= 4 is 11.9 Å². The van der Waals surface area contributed by atoms with Gasteiger partial charge in [-0.05, 0) is 112 Å². The lowest BCUT2D eigenvalue weighted by molar-refractivity contribution is -0.139. The van der Waals surface area contributed by atoms with Gasteiger partial charge in [-0.1, -0.05) is 18.4 Å². The van der Waals surface area contributed by atoms with E-state index in [1.54, 1.807) is 50.4 Å². The zero-order valence-corrected chi connectivity index (χ0v) is 22.8. The third-order valence-electron chi connectivity index (χ3n) is 5.82. The first-order valence-electron chi connectivity index (χ1n) is 12.9. The molecule has 0 radical (unpaired) electrons. The van der Waals surface area contributed by atoms with Gasteiger partial charge in [-0.2, -0.15) is 0 Å². The largest absolute Gasteiger partial charge is 0.497 e. The zero-order valence-electron chi connectivity index (χ0n) is 22.8. The lowest BCUT2D eigenvalue weighted by Gasteiger charge is -2.08. The van der Waals surface area contributed by atoms with Crippen LogP contribution in [0.4, 0.5) is 0 Å². The Morgan fingerprint density at radius 2 is 1.44 bits per heavy atom. The highest BCUT2D eigenvalue weighted by molar-refractivity contribution is 5.91. The lowest BCUT2D eigenvalue weighted by atomic mass is 10.1. The smallest absolute Gasteiger partial charge is 0.343 e. The van der Waals surface area contributed by atoms with Crippen molar-refractivity contribution in [1.29, 1.82) is 0 Å². The zero-order chi connectivity index (χ0) is 28.0. The number of hydrogen-bond donors (Lipinski definition) is 0. The van der Waals surface area contributed by atoms with Crippen LogP contribution in [-0.2, 0) is 9.53 Å². The molecule has 0 bridgehead atoms. The first kappa shape index (κ1) is 29.1. The van der Waals surface area contributed by atoms with E-state index in [1.807, 2.05) is 37.3 Å². The van der Waals surface area contributed by atoms with Crippen LogP contribution in [0.2, 0.25) is 0 Å². The van der Waals surface area contributed by atoms with Crippen LogP contribution >= 0.6 is 0 Å². The maximum Gasteiger partial charge on any atom is 0.343 e. The number of carbonyl (C=O) groups is 2. The molecule has 0 amide bonds. The average Bonchev–Trinajstić information content (AvgIpc) is 2.94. The summed E-state index contributed by atoms with van der Waals surface area (Å²) >= 11 is 0. The van der Waals surface area contributed by atoms with E-state index in [0.29, 0.717) is 35.8 Å². The molecule has 3 aromatic carbocycles. The Labute approximate surface area is 230 Å². The second kappa shape index (κ2) is 15.0. The monoisotopic (exact) mass is 526 g/mol. The van der Waals surface area contributed by atoms with E-state index >= 15 is 0 Å². The minimum absolute atomic E-state index is 0.342. The summed E-state index contributed by atoms with van der Waals surface area (Å²) in [4.78, 5) is 23.9. The van der Waals surface area contributed by atoms with Crippen LogP contribution in [-0.4, -0.2) is 32.3 Å². The van der Waals surface area contributed by atoms with E-state index in [2.05, 4.69) is 18.4 Å². The first-order chi connectivity index (χ1) is 18.9. The van der Waals surface area contributed by atoms with Crippen molar-refractivity contribution < 1.29 is 28.5 Å². The highest BCUT2D eigenvalue weighted by Crippen LogP contribution is 2.18. The summed E-state index contributed by atoms with van der Waals surface area (Å²) in [5.74, 6) is 7.45. The summed E-state index contributed by atoms with van der Waals surface area (Å²) in [6.45, 7) is 8.16. The molecule has 0 saturated heterocycles. The summed E-state index contributed by atoms with van der Waals surface area (Å²) < 4.78 is 21.6. The SMILES string of the molecule is C=C(C)C(=O)OCCCCCCOc1ccc(C(=O)Oc2ccc(C#Cc3ccc(OC)cc3C)cc2)cc1. The molecule has 0 atom stereocenters. The number of aryl methyl sites for hydroxylation is 1. The topological polar surface area (TPSA) is 71.1 Å². The summed E-state index contributed by atoms with van der Waals surface area (Å²) in [7, 11) is 1.64. The number of hydrogen-bond acceptors (Lipinski definition) is 6. The summed E-state index contributed by atoms with van der Waals surface area (Å²) in [6, 6.07) is 19.7. The highest BCUT2D eigenvalue weighted by atomic mass is 16.5. The molecular formula is C33H34O6. The molecule has 39 heavy (non-hydrogen) atoms. The van der Waals surface area contributed by atoms with Gasteiger partial charge in [-0.15, -0.1) is 0 Å². The minimum Gasteiger partial charge on any atom is -0.497 e. The fourth-order valence-electron chi connectivity index (χ4n) is 3.54. The Hall–Kier alpha value is -4.50. The van der Waals surface area contributed by atoms with Gasteiger partial charge in [0.15, 0.2) is 0 Å². The number of esters is 2. The third kappa shape index (κ3) is 9.71. The van der Waals surface area contributed by atoms with E-state index in [4.69, 9.17) is 18.9 Å². The molecular weight excluding hydrogens is 492 g/mol. The average molecular weight is 527 g/mol. The second-order valence-electron chi connectivity index (χ2n) is 9.05. The third-order valence-corrected chi connectivity index (χ3v) is 5.82. The molecule has 6 heteroatoms. The van der Waals surface area contributed by atoms with Crippen LogP contribution in [0.15, 0.2) is 78.9 Å². The molecule has 0 saturated carbocycles. The maximum atomic E-state index is 12.5. The standard InChI is InChI=1S/C33H34O6/c1-24(2)32(34)38-22-8-6-5-7-21-37-29-18-14-28(15-19-29)33(35)39-30-16-10-26(11-17-30)9-12-27-13-20-31(36-4)23-25(27)3/h10-11,13-20,23H,1,5-8,21-22H2,2-4H3. The molecule has 0 spiro atoms. The molecule has 0 heterocycles. The molecule has 202 valence electrons. The van der Waals surface area contributed by atoms with Gasteiger partial charge in [0.25, 0.3) is 0 Å². The number of unbranched alkanes of at least 4 members (excludes halogenated alkanes) is 3. The van der Waals surface area contributed by atoms with Crippen molar-refractivity contribution in [3.05, 3.63) is 101 Å². The van der Waals surface area contributed by atoms with Gasteiger partial charge in [0.1, 0.15) is 17.2 Å². The van der Waals surface area contributed by atoms with Gasteiger partial charge in [-0.25, -0.2) is 9.59 Å². The second-order valence-corrected chi connectivity index (χ2v) is 9.05. The Morgan fingerprint density at radius 3 is 2.08 bits per heavy atom. The van der Waals surface area contributed by atoms with E-state index < -0.39 is 5.97 Å². The molecule has 3 aromatic rings. The van der Waals surface area contributed by atoms with Gasteiger partial charge in [0.2, 0.25) is 0 Å². The van der Waals surface area contributed by atoms with Crippen molar-refractivity contribution in [2.75, 3.05) is 20.3 Å². The quantitative estimate of drug-likeness (QED) is 0.0862. The fraction of sp³-hybridized carbons (Fsp3) is 0.273. The van der Waals surface area contributed by atoms with Gasteiger partial charge in [0.05, 0.1) is 25.9 Å². The maximum absolute atomic E-state index is 12.5. The molecule has 0 unspecified atom stereocenters. The van der Waals surface area contributed by atoms with Crippen molar-refractivity contribution in [3.63, 3.8) is 0 Å². The van der Waals surface area contributed by atoms with Gasteiger partial charge < -0.3 is 18.9 Å². The van der Waals surface area contributed by atoms with Crippen LogP contribution in [0.5, 0.6) is 17.2 Å². The highest BCUT2D eigenvalue weighted by Gasteiger charge is 2.09. The Kier molecular flexibility index (Phi) is 11.2. The molecule has 6 nitrogen and oxygen atoms in total. The van der Waals surface area contributed by atoms with Crippen molar-refractivity contribution in [3.8, 4) is 29.1 Å². The van der Waals surface area contributed by atoms with E-state index in [0.717, 1.165) is 48.1 Å². The number of methoxy groups -OCH3 is 1. The van der Waals surface area contributed by atoms with Gasteiger partial charge >= 0.3 is 11.9 Å². The minimum atomic E-state index is -0.443.